The Balaban J connectivity index is 1.72. The van der Waals surface area contributed by atoms with Crippen molar-refractivity contribution < 1.29 is 9.90 Å². The summed E-state index contributed by atoms with van der Waals surface area (Å²) in [5.74, 6) is 1.15. The van der Waals surface area contributed by atoms with Gasteiger partial charge in [0.2, 0.25) is 0 Å². The number of likely N-dealkylation sites (tertiary alicyclic amines) is 1. The van der Waals surface area contributed by atoms with Gasteiger partial charge in [0.15, 0.2) is 0 Å². The maximum absolute atomic E-state index is 12.6. The maximum atomic E-state index is 12.6. The molecule has 20 heavy (non-hydrogen) atoms. The molecule has 0 bridgehead atoms. The Hall–Kier alpha value is -0.870. The van der Waals surface area contributed by atoms with Crippen molar-refractivity contribution in [1.29, 1.82) is 0 Å². The molecule has 1 aromatic heterocycles. The quantitative estimate of drug-likeness (QED) is 0.911. The fourth-order valence-electron chi connectivity index (χ4n) is 3.33. The molecule has 3 unspecified atom stereocenters. The molecule has 3 rings (SSSR count). The van der Waals surface area contributed by atoms with E-state index in [1.54, 1.807) is 11.3 Å². The first-order valence-corrected chi connectivity index (χ1v) is 8.45. The van der Waals surface area contributed by atoms with Crippen LogP contribution in [0.15, 0.2) is 6.07 Å². The van der Waals surface area contributed by atoms with Gasteiger partial charge in [-0.05, 0) is 50.2 Å². The molecule has 0 radical (unpaired) electrons. The zero-order valence-corrected chi connectivity index (χ0v) is 13.1. The van der Waals surface area contributed by atoms with E-state index in [2.05, 4.69) is 13.0 Å². The van der Waals surface area contributed by atoms with Crippen LogP contribution < -0.4 is 0 Å². The van der Waals surface area contributed by atoms with Crippen LogP contribution in [0.25, 0.3) is 0 Å². The number of thiophene rings is 1. The van der Waals surface area contributed by atoms with Gasteiger partial charge >= 0.3 is 0 Å². The molecule has 1 aliphatic heterocycles. The number of carbonyl (C=O) groups is 1. The number of nitrogens with zero attached hydrogens (tertiary/aromatic N) is 1. The molecule has 1 amide bonds. The minimum atomic E-state index is -0.315. The highest BCUT2D eigenvalue weighted by Crippen LogP contribution is 2.33. The molecule has 110 valence electrons. The predicted molar refractivity (Wildman–Crippen MR) is 81.2 cm³/mol. The number of carbonyl (C=O) groups excluding carboxylic acids is 1. The highest BCUT2D eigenvalue weighted by molar-refractivity contribution is 7.14. The van der Waals surface area contributed by atoms with Crippen molar-refractivity contribution in [1.82, 2.24) is 4.90 Å². The number of rotatable bonds is 2. The van der Waals surface area contributed by atoms with E-state index in [4.69, 9.17) is 0 Å². The molecule has 1 fully saturated rings. The third-order valence-corrected chi connectivity index (χ3v) is 5.96. The Bertz CT molecular complexity index is 509. The van der Waals surface area contributed by atoms with Gasteiger partial charge in [-0.2, -0.15) is 0 Å². The van der Waals surface area contributed by atoms with Gasteiger partial charge in [0.05, 0.1) is 11.0 Å². The zero-order valence-electron chi connectivity index (χ0n) is 12.3. The Morgan fingerprint density at radius 2 is 2.30 bits per heavy atom. The molecule has 1 saturated heterocycles. The minimum absolute atomic E-state index is 0.167. The lowest BCUT2D eigenvalue weighted by atomic mass is 9.90. The van der Waals surface area contributed by atoms with Crippen molar-refractivity contribution >= 4 is 17.2 Å². The number of amides is 1. The van der Waals surface area contributed by atoms with Crippen molar-refractivity contribution in [3.63, 3.8) is 0 Å². The average molecular weight is 293 g/mol. The summed E-state index contributed by atoms with van der Waals surface area (Å²) in [6.45, 7) is 5.60. The fraction of sp³-hybridized carbons (Fsp3) is 0.688. The summed E-state index contributed by atoms with van der Waals surface area (Å²) >= 11 is 1.69. The van der Waals surface area contributed by atoms with Crippen LogP contribution in [-0.2, 0) is 12.8 Å². The molecule has 1 aliphatic carbocycles. The van der Waals surface area contributed by atoms with Gasteiger partial charge in [0.1, 0.15) is 0 Å². The molecule has 0 saturated carbocycles. The topological polar surface area (TPSA) is 40.5 Å². The van der Waals surface area contributed by atoms with Gasteiger partial charge in [-0.25, -0.2) is 0 Å². The van der Waals surface area contributed by atoms with E-state index in [1.807, 2.05) is 11.8 Å². The lowest BCUT2D eigenvalue weighted by molar-refractivity contribution is 0.0767. The van der Waals surface area contributed by atoms with Crippen LogP contribution >= 0.6 is 11.3 Å². The van der Waals surface area contributed by atoms with Crippen molar-refractivity contribution in [2.45, 2.75) is 45.6 Å². The van der Waals surface area contributed by atoms with Crippen LogP contribution in [0.5, 0.6) is 0 Å². The van der Waals surface area contributed by atoms with Gasteiger partial charge in [-0.3, -0.25) is 4.79 Å². The second-order valence-corrected chi connectivity index (χ2v) is 7.58. The van der Waals surface area contributed by atoms with E-state index >= 15 is 0 Å². The van der Waals surface area contributed by atoms with E-state index < -0.39 is 0 Å². The van der Waals surface area contributed by atoms with Crippen LogP contribution in [0.4, 0.5) is 0 Å². The van der Waals surface area contributed by atoms with E-state index in [1.165, 1.54) is 16.9 Å². The van der Waals surface area contributed by atoms with Gasteiger partial charge in [-0.1, -0.05) is 6.92 Å². The number of aliphatic hydroxyl groups is 1. The SMILES string of the molecule is CC1CCc2sc(C(=O)N3CCC(C(C)O)C3)cc2C1. The zero-order chi connectivity index (χ0) is 14.3. The highest BCUT2D eigenvalue weighted by atomic mass is 32.1. The number of hydrogen-bond donors (Lipinski definition) is 1. The molecule has 1 aromatic rings. The van der Waals surface area contributed by atoms with E-state index in [0.717, 1.165) is 36.6 Å². The van der Waals surface area contributed by atoms with Gasteiger partial charge in [-0.15, -0.1) is 11.3 Å². The first-order chi connectivity index (χ1) is 9.54. The predicted octanol–water partition coefficient (Wildman–Crippen LogP) is 2.72. The first-order valence-electron chi connectivity index (χ1n) is 7.63. The first kappa shape index (κ1) is 14.1. The van der Waals surface area contributed by atoms with Crippen molar-refractivity contribution in [2.24, 2.45) is 11.8 Å². The summed E-state index contributed by atoms with van der Waals surface area (Å²) in [5.41, 5.74) is 1.39. The standard InChI is InChI=1S/C16H23NO2S/c1-10-3-4-14-13(7-10)8-15(20-14)16(19)17-6-5-12(9-17)11(2)18/h8,10-12,18H,3-7,9H2,1-2H3. The lowest BCUT2D eigenvalue weighted by Crippen LogP contribution is -2.29. The van der Waals surface area contributed by atoms with E-state index in [9.17, 15) is 9.90 Å². The summed E-state index contributed by atoms with van der Waals surface area (Å²) in [6, 6.07) is 2.12. The van der Waals surface area contributed by atoms with Gasteiger partial charge in [0, 0.05) is 23.9 Å². The summed E-state index contributed by atoms with van der Waals surface area (Å²) in [5, 5.41) is 9.65. The summed E-state index contributed by atoms with van der Waals surface area (Å²) in [6.07, 6.45) is 4.10. The Morgan fingerprint density at radius 1 is 1.50 bits per heavy atom. The molecule has 3 nitrogen and oxygen atoms in total. The minimum Gasteiger partial charge on any atom is -0.393 e. The van der Waals surface area contributed by atoms with Crippen LogP contribution in [0.3, 0.4) is 0 Å². The van der Waals surface area contributed by atoms with Crippen LogP contribution in [-0.4, -0.2) is 35.1 Å². The summed E-state index contributed by atoms with van der Waals surface area (Å²) in [7, 11) is 0. The summed E-state index contributed by atoms with van der Waals surface area (Å²) in [4.78, 5) is 16.8. The second-order valence-electron chi connectivity index (χ2n) is 6.45. The van der Waals surface area contributed by atoms with E-state index in [-0.39, 0.29) is 17.9 Å². The molecule has 4 heteroatoms. The van der Waals surface area contributed by atoms with Crippen LogP contribution in [0, 0.1) is 11.8 Å². The lowest BCUT2D eigenvalue weighted by Gasteiger charge is -2.16. The molecular formula is C16H23NO2S. The van der Waals surface area contributed by atoms with Crippen molar-refractivity contribution in [3.8, 4) is 0 Å². The van der Waals surface area contributed by atoms with Gasteiger partial charge < -0.3 is 10.0 Å². The monoisotopic (exact) mass is 293 g/mol. The number of aryl methyl sites for hydroxylation is 1. The molecular weight excluding hydrogens is 270 g/mol. The molecule has 1 N–H and O–H groups in total. The molecule has 2 heterocycles. The van der Waals surface area contributed by atoms with Crippen LogP contribution in [0.2, 0.25) is 0 Å². The average Bonchev–Trinajstić information content (AvgIpc) is 3.03. The Kier molecular flexibility index (Phi) is 3.87. The maximum Gasteiger partial charge on any atom is 0.263 e. The van der Waals surface area contributed by atoms with Crippen LogP contribution in [0.1, 0.15) is 46.8 Å². The summed E-state index contributed by atoms with van der Waals surface area (Å²) < 4.78 is 0. The largest absolute Gasteiger partial charge is 0.393 e. The molecule has 0 spiro atoms. The normalized spacial score (nSPS) is 27.4. The van der Waals surface area contributed by atoms with Gasteiger partial charge in [0.25, 0.3) is 5.91 Å². The number of fused-ring (bicyclic) bond motifs is 1. The molecule has 2 aliphatic rings. The Morgan fingerprint density at radius 3 is 3.00 bits per heavy atom. The smallest absolute Gasteiger partial charge is 0.263 e. The fourth-order valence-corrected chi connectivity index (χ4v) is 4.51. The molecule has 0 aromatic carbocycles. The van der Waals surface area contributed by atoms with E-state index in [0.29, 0.717) is 6.54 Å². The third kappa shape index (κ3) is 2.63. The van der Waals surface area contributed by atoms with Crippen molar-refractivity contribution in [2.75, 3.05) is 13.1 Å². The van der Waals surface area contributed by atoms with Crippen molar-refractivity contribution in [3.05, 3.63) is 21.4 Å². The third-order valence-electron chi connectivity index (χ3n) is 4.73. The second kappa shape index (κ2) is 5.49. The Labute approximate surface area is 124 Å². The highest BCUT2D eigenvalue weighted by Gasteiger charge is 2.31. The number of aliphatic hydroxyl groups excluding tert-OH is 1. The molecule has 3 atom stereocenters. The number of hydrogen-bond acceptors (Lipinski definition) is 3.